The number of fused-ring (bicyclic) bond motifs is 1. The van der Waals surface area contributed by atoms with Crippen molar-refractivity contribution in [2.45, 2.75) is 46.1 Å². The maximum atomic E-state index is 12.6. The van der Waals surface area contributed by atoms with Crippen molar-refractivity contribution in [2.75, 3.05) is 6.54 Å². The molecule has 2 N–H and O–H groups in total. The minimum Gasteiger partial charge on any atom is -0.450 e. The molecule has 122 valence electrons. The molecule has 0 spiro atoms. The summed E-state index contributed by atoms with van der Waals surface area (Å²) in [5.41, 5.74) is 3.66. The summed E-state index contributed by atoms with van der Waals surface area (Å²) in [4.78, 5) is 24.6. The molecule has 5 heteroatoms. The van der Waals surface area contributed by atoms with Gasteiger partial charge in [-0.05, 0) is 51.2 Å². The summed E-state index contributed by atoms with van der Waals surface area (Å²) >= 11 is 0. The van der Waals surface area contributed by atoms with E-state index in [0.717, 1.165) is 40.5 Å². The maximum Gasteiger partial charge on any atom is 0.287 e. The third-order valence-corrected chi connectivity index (χ3v) is 4.53. The van der Waals surface area contributed by atoms with Gasteiger partial charge in [0.05, 0.1) is 0 Å². The van der Waals surface area contributed by atoms with Gasteiger partial charge < -0.3 is 15.1 Å². The summed E-state index contributed by atoms with van der Waals surface area (Å²) in [5, 5.41) is 6.63. The minimum absolute atomic E-state index is 0.114. The van der Waals surface area contributed by atoms with Crippen LogP contribution in [0.15, 0.2) is 16.5 Å². The number of carbonyl (C=O) groups excluding carboxylic acids is 2. The summed E-state index contributed by atoms with van der Waals surface area (Å²) < 4.78 is 5.84. The van der Waals surface area contributed by atoms with Gasteiger partial charge in [-0.3, -0.25) is 9.59 Å². The first-order valence-electron chi connectivity index (χ1n) is 8.07. The molecule has 5 nitrogen and oxygen atoms in total. The Labute approximate surface area is 135 Å². The number of furan rings is 1. The smallest absolute Gasteiger partial charge is 0.287 e. The Morgan fingerprint density at radius 3 is 2.70 bits per heavy atom. The Morgan fingerprint density at radius 2 is 1.96 bits per heavy atom. The molecule has 1 saturated heterocycles. The Balaban J connectivity index is 1.92. The third-order valence-electron chi connectivity index (χ3n) is 4.53. The molecular weight excluding hydrogens is 292 g/mol. The van der Waals surface area contributed by atoms with Crippen LogP contribution in [0.1, 0.15) is 46.5 Å². The molecule has 0 bridgehead atoms. The molecule has 0 aliphatic carbocycles. The van der Waals surface area contributed by atoms with Gasteiger partial charge in [0.25, 0.3) is 5.91 Å². The van der Waals surface area contributed by atoms with E-state index < -0.39 is 6.04 Å². The molecule has 23 heavy (non-hydrogen) atoms. The largest absolute Gasteiger partial charge is 0.450 e. The van der Waals surface area contributed by atoms with Crippen molar-refractivity contribution in [3.8, 4) is 0 Å². The van der Waals surface area contributed by atoms with Gasteiger partial charge in [0.15, 0.2) is 5.76 Å². The van der Waals surface area contributed by atoms with E-state index in [1.165, 1.54) is 0 Å². The molecule has 2 heterocycles. The van der Waals surface area contributed by atoms with E-state index in [1.54, 1.807) is 0 Å². The molecule has 2 amide bonds. The summed E-state index contributed by atoms with van der Waals surface area (Å²) in [5.74, 6) is -0.133. The molecule has 1 aliphatic rings. The highest BCUT2D eigenvalue weighted by Gasteiger charge is 2.26. The van der Waals surface area contributed by atoms with Crippen LogP contribution in [0.2, 0.25) is 0 Å². The third kappa shape index (κ3) is 2.83. The predicted octanol–water partition coefficient (Wildman–Crippen LogP) is 2.76. The Hall–Kier alpha value is -2.30. The summed E-state index contributed by atoms with van der Waals surface area (Å²) in [6.07, 6.45) is 2.52. The fourth-order valence-electron chi connectivity index (χ4n) is 3.19. The van der Waals surface area contributed by atoms with Gasteiger partial charge in [0, 0.05) is 17.5 Å². The van der Waals surface area contributed by atoms with Crippen LogP contribution in [0.25, 0.3) is 11.0 Å². The number of aryl methyl sites for hydroxylation is 3. The second-order valence-electron chi connectivity index (χ2n) is 6.27. The lowest BCUT2D eigenvalue weighted by Crippen LogP contribution is -2.45. The van der Waals surface area contributed by atoms with Crippen LogP contribution in [-0.4, -0.2) is 24.4 Å². The van der Waals surface area contributed by atoms with Crippen molar-refractivity contribution in [3.63, 3.8) is 0 Å². The van der Waals surface area contributed by atoms with Gasteiger partial charge in [0.1, 0.15) is 11.6 Å². The first-order valence-corrected chi connectivity index (χ1v) is 8.07. The fourth-order valence-corrected chi connectivity index (χ4v) is 3.19. The number of hydrogen-bond acceptors (Lipinski definition) is 3. The summed E-state index contributed by atoms with van der Waals surface area (Å²) in [6.45, 7) is 6.53. The second-order valence-corrected chi connectivity index (χ2v) is 6.27. The molecule has 1 atom stereocenters. The zero-order valence-corrected chi connectivity index (χ0v) is 13.8. The number of rotatable bonds is 2. The highest BCUT2D eigenvalue weighted by molar-refractivity contribution is 6.02. The molecule has 0 radical (unpaired) electrons. The lowest BCUT2D eigenvalue weighted by molar-refractivity contribution is -0.122. The number of carbonyl (C=O) groups is 2. The molecule has 1 aromatic carbocycles. The van der Waals surface area contributed by atoms with E-state index in [0.29, 0.717) is 18.7 Å². The molecule has 0 unspecified atom stereocenters. The van der Waals surface area contributed by atoms with Gasteiger partial charge in [-0.1, -0.05) is 12.1 Å². The standard InChI is InChI=1S/C18H22N2O3/c1-10-7-8-11(2)15-14(10)12(3)16(23-15)18(22)20-13-6-4-5-9-19-17(13)21/h7-8,13H,4-6,9H2,1-3H3,(H,19,21)(H,20,22)/t13-/m1/s1. The van der Waals surface area contributed by atoms with E-state index in [4.69, 9.17) is 4.42 Å². The van der Waals surface area contributed by atoms with Gasteiger partial charge in [-0.25, -0.2) is 0 Å². The fraction of sp³-hybridized carbons (Fsp3) is 0.444. The minimum atomic E-state index is -0.486. The monoisotopic (exact) mass is 314 g/mol. The van der Waals surface area contributed by atoms with Crippen LogP contribution >= 0.6 is 0 Å². The number of nitrogens with one attached hydrogen (secondary N) is 2. The molecule has 1 aromatic heterocycles. The van der Waals surface area contributed by atoms with Crippen LogP contribution in [0.4, 0.5) is 0 Å². The first-order chi connectivity index (χ1) is 11.0. The zero-order valence-electron chi connectivity index (χ0n) is 13.8. The van der Waals surface area contributed by atoms with Crippen LogP contribution in [0.5, 0.6) is 0 Å². The van der Waals surface area contributed by atoms with Crippen molar-refractivity contribution in [1.29, 1.82) is 0 Å². The SMILES string of the molecule is Cc1ccc(C)c2c(C)c(C(=O)N[C@@H]3CCCCNC3=O)oc12. The Morgan fingerprint density at radius 1 is 1.22 bits per heavy atom. The van der Waals surface area contributed by atoms with E-state index in [-0.39, 0.29) is 11.8 Å². The maximum absolute atomic E-state index is 12.6. The van der Waals surface area contributed by atoms with E-state index in [2.05, 4.69) is 10.6 Å². The molecule has 3 rings (SSSR count). The molecular formula is C18H22N2O3. The average Bonchev–Trinajstić information content (AvgIpc) is 2.75. The Kier molecular flexibility index (Phi) is 4.11. The van der Waals surface area contributed by atoms with Crippen LogP contribution in [0.3, 0.4) is 0 Å². The van der Waals surface area contributed by atoms with Crippen LogP contribution in [0, 0.1) is 20.8 Å². The second kappa shape index (κ2) is 6.07. The van der Waals surface area contributed by atoms with Crippen LogP contribution in [-0.2, 0) is 4.79 Å². The van der Waals surface area contributed by atoms with Gasteiger partial charge in [0.2, 0.25) is 5.91 Å². The normalized spacial score (nSPS) is 18.6. The lowest BCUT2D eigenvalue weighted by Gasteiger charge is -2.14. The van der Waals surface area contributed by atoms with Crippen molar-refractivity contribution in [3.05, 3.63) is 34.6 Å². The van der Waals surface area contributed by atoms with E-state index in [9.17, 15) is 9.59 Å². The molecule has 2 aromatic rings. The molecule has 1 aliphatic heterocycles. The van der Waals surface area contributed by atoms with Gasteiger partial charge >= 0.3 is 0 Å². The van der Waals surface area contributed by atoms with E-state index in [1.807, 2.05) is 32.9 Å². The predicted molar refractivity (Wildman–Crippen MR) is 88.5 cm³/mol. The van der Waals surface area contributed by atoms with Crippen LogP contribution < -0.4 is 10.6 Å². The summed E-state index contributed by atoms with van der Waals surface area (Å²) in [7, 11) is 0. The van der Waals surface area contributed by atoms with Crippen molar-refractivity contribution < 1.29 is 14.0 Å². The number of benzene rings is 1. The topological polar surface area (TPSA) is 71.3 Å². The quantitative estimate of drug-likeness (QED) is 0.895. The van der Waals surface area contributed by atoms with Crippen molar-refractivity contribution in [1.82, 2.24) is 10.6 Å². The van der Waals surface area contributed by atoms with Crippen molar-refractivity contribution >= 4 is 22.8 Å². The highest BCUT2D eigenvalue weighted by atomic mass is 16.3. The lowest BCUT2D eigenvalue weighted by atomic mass is 10.0. The number of hydrogen-bond donors (Lipinski definition) is 2. The Bertz CT molecular complexity index is 776. The van der Waals surface area contributed by atoms with Gasteiger partial charge in [-0.15, -0.1) is 0 Å². The number of amides is 2. The summed E-state index contributed by atoms with van der Waals surface area (Å²) in [6, 6.07) is 3.53. The zero-order chi connectivity index (χ0) is 16.6. The first kappa shape index (κ1) is 15.6. The average molecular weight is 314 g/mol. The molecule has 1 fully saturated rings. The van der Waals surface area contributed by atoms with Crippen molar-refractivity contribution in [2.24, 2.45) is 0 Å². The molecule has 0 saturated carbocycles. The van der Waals surface area contributed by atoms with Gasteiger partial charge in [-0.2, -0.15) is 0 Å². The highest BCUT2D eigenvalue weighted by Crippen LogP contribution is 2.30. The van der Waals surface area contributed by atoms with E-state index >= 15 is 0 Å².